The number of anilines is 1. The van der Waals surface area contributed by atoms with Crippen LogP contribution < -0.4 is 15.6 Å². The first kappa shape index (κ1) is 21.7. The smallest absolute Gasteiger partial charge is 0.269 e. The first-order valence-corrected chi connectivity index (χ1v) is 9.96. The summed E-state index contributed by atoms with van der Waals surface area (Å²) in [6, 6.07) is 18.4. The standard InChI is InChI=1S/C24H14ClFN4O3/c25-19-5-1-2-6-20(19)33-23-18(24(32)30-12-4-3-7-21(30)29-23)13-15(14-27)22(31)28-17-10-8-16(26)9-11-17/h1-13H,(H,28,31)/b15-13-. The van der Waals surface area contributed by atoms with Gasteiger partial charge >= 0.3 is 0 Å². The average Bonchev–Trinajstić information content (AvgIpc) is 2.82. The van der Waals surface area contributed by atoms with Crippen molar-refractivity contribution in [1.82, 2.24) is 9.38 Å². The SMILES string of the molecule is N#C/C(=C/c1c(Oc2ccccc2Cl)nc2ccccn2c1=O)C(=O)Nc1ccc(F)cc1. The summed E-state index contributed by atoms with van der Waals surface area (Å²) in [5, 5.41) is 12.4. The van der Waals surface area contributed by atoms with Crippen molar-refractivity contribution in [2.24, 2.45) is 0 Å². The number of hydrogen-bond acceptors (Lipinski definition) is 5. The van der Waals surface area contributed by atoms with Gasteiger partial charge in [-0.1, -0.05) is 29.8 Å². The van der Waals surface area contributed by atoms with Crippen LogP contribution in [0, 0.1) is 17.1 Å². The number of halogens is 2. The van der Waals surface area contributed by atoms with Gasteiger partial charge in [0.25, 0.3) is 11.5 Å². The molecule has 2 aromatic carbocycles. The van der Waals surface area contributed by atoms with Gasteiger partial charge in [-0.2, -0.15) is 10.2 Å². The van der Waals surface area contributed by atoms with Gasteiger partial charge in [0.1, 0.15) is 34.4 Å². The van der Waals surface area contributed by atoms with Crippen LogP contribution in [-0.2, 0) is 4.79 Å². The van der Waals surface area contributed by atoms with Gasteiger partial charge in [0.2, 0.25) is 5.88 Å². The molecule has 4 rings (SSSR count). The lowest BCUT2D eigenvalue weighted by atomic mass is 10.1. The van der Waals surface area contributed by atoms with Crippen molar-refractivity contribution in [2.45, 2.75) is 0 Å². The molecule has 0 unspecified atom stereocenters. The van der Waals surface area contributed by atoms with Crippen molar-refractivity contribution in [3.05, 3.63) is 105 Å². The molecule has 9 heteroatoms. The van der Waals surface area contributed by atoms with Gasteiger partial charge in [-0.05, 0) is 54.6 Å². The Kier molecular flexibility index (Phi) is 6.15. The van der Waals surface area contributed by atoms with Crippen LogP contribution in [0.3, 0.4) is 0 Å². The fraction of sp³-hybridized carbons (Fsp3) is 0. The molecule has 162 valence electrons. The molecule has 0 radical (unpaired) electrons. The number of carbonyl (C=O) groups is 1. The minimum absolute atomic E-state index is 0.121. The summed E-state index contributed by atoms with van der Waals surface area (Å²) in [6.45, 7) is 0. The highest BCUT2D eigenvalue weighted by Gasteiger charge is 2.18. The lowest BCUT2D eigenvalue weighted by Gasteiger charge is -2.11. The topological polar surface area (TPSA) is 96.5 Å². The molecule has 0 saturated carbocycles. The van der Waals surface area contributed by atoms with Gasteiger partial charge in [-0.25, -0.2) is 4.39 Å². The summed E-state index contributed by atoms with van der Waals surface area (Å²) < 4.78 is 20.2. The molecular formula is C24H14ClFN4O3. The maximum absolute atomic E-state index is 13.2. The molecule has 1 amide bonds. The Balaban J connectivity index is 1.81. The fourth-order valence-electron chi connectivity index (χ4n) is 2.94. The molecule has 2 heterocycles. The summed E-state index contributed by atoms with van der Waals surface area (Å²) in [7, 11) is 0. The normalized spacial score (nSPS) is 11.1. The number of para-hydroxylation sites is 1. The van der Waals surface area contributed by atoms with Gasteiger partial charge in [-0.15, -0.1) is 0 Å². The summed E-state index contributed by atoms with van der Waals surface area (Å²) in [4.78, 5) is 30.2. The van der Waals surface area contributed by atoms with E-state index in [4.69, 9.17) is 16.3 Å². The second kappa shape index (κ2) is 9.34. The van der Waals surface area contributed by atoms with E-state index in [2.05, 4.69) is 10.3 Å². The molecule has 0 saturated heterocycles. The molecule has 4 aromatic rings. The zero-order valence-corrected chi connectivity index (χ0v) is 17.6. The minimum atomic E-state index is -0.787. The van der Waals surface area contributed by atoms with Gasteiger partial charge in [0.15, 0.2) is 0 Å². The Morgan fingerprint density at radius 1 is 1.12 bits per heavy atom. The molecule has 0 fully saturated rings. The third-order valence-electron chi connectivity index (χ3n) is 4.53. The lowest BCUT2D eigenvalue weighted by Crippen LogP contribution is -2.20. The van der Waals surface area contributed by atoms with E-state index in [1.54, 1.807) is 48.5 Å². The summed E-state index contributed by atoms with van der Waals surface area (Å²) in [6.07, 6.45) is 2.60. The third kappa shape index (κ3) is 4.74. The van der Waals surface area contributed by atoms with Crippen LogP contribution in [0.15, 0.2) is 83.3 Å². The van der Waals surface area contributed by atoms with Crippen molar-refractivity contribution in [1.29, 1.82) is 5.26 Å². The summed E-state index contributed by atoms with van der Waals surface area (Å²) >= 11 is 6.17. The average molecular weight is 461 g/mol. The molecule has 33 heavy (non-hydrogen) atoms. The van der Waals surface area contributed by atoms with E-state index in [1.165, 1.54) is 34.9 Å². The molecule has 0 bridgehead atoms. The molecule has 0 aliphatic rings. The number of nitriles is 1. The second-order valence-electron chi connectivity index (χ2n) is 6.73. The predicted molar refractivity (Wildman–Crippen MR) is 122 cm³/mol. The predicted octanol–water partition coefficient (Wildman–Crippen LogP) is 4.82. The van der Waals surface area contributed by atoms with E-state index in [9.17, 15) is 19.2 Å². The number of nitrogens with one attached hydrogen (secondary N) is 1. The van der Waals surface area contributed by atoms with Gasteiger partial charge in [0.05, 0.1) is 5.02 Å². The quantitative estimate of drug-likeness (QED) is 0.340. The number of pyridine rings is 1. The summed E-state index contributed by atoms with van der Waals surface area (Å²) in [5.74, 6) is -1.14. The Morgan fingerprint density at radius 3 is 2.58 bits per heavy atom. The minimum Gasteiger partial charge on any atom is -0.437 e. The van der Waals surface area contributed by atoms with Crippen LogP contribution in [0.1, 0.15) is 5.56 Å². The van der Waals surface area contributed by atoms with Crippen molar-refractivity contribution < 1.29 is 13.9 Å². The number of aromatic nitrogens is 2. The van der Waals surface area contributed by atoms with Gasteiger partial charge < -0.3 is 10.1 Å². The van der Waals surface area contributed by atoms with E-state index in [1.807, 2.05) is 0 Å². The van der Waals surface area contributed by atoms with E-state index >= 15 is 0 Å². The fourth-order valence-corrected chi connectivity index (χ4v) is 3.11. The Hall–Kier alpha value is -4.48. The lowest BCUT2D eigenvalue weighted by molar-refractivity contribution is -0.112. The number of benzene rings is 2. The van der Waals surface area contributed by atoms with Crippen LogP contribution >= 0.6 is 11.6 Å². The first-order chi connectivity index (χ1) is 16.0. The van der Waals surface area contributed by atoms with E-state index in [0.717, 1.165) is 6.08 Å². The zero-order valence-electron chi connectivity index (χ0n) is 16.8. The highest BCUT2D eigenvalue weighted by atomic mass is 35.5. The monoisotopic (exact) mass is 460 g/mol. The van der Waals surface area contributed by atoms with Crippen LogP contribution in [0.25, 0.3) is 11.7 Å². The number of rotatable bonds is 5. The largest absolute Gasteiger partial charge is 0.437 e. The number of nitrogens with zero attached hydrogens (tertiary/aromatic N) is 3. The molecule has 7 nitrogen and oxygen atoms in total. The highest BCUT2D eigenvalue weighted by Crippen LogP contribution is 2.30. The van der Waals surface area contributed by atoms with Gasteiger partial charge in [-0.3, -0.25) is 14.0 Å². The van der Waals surface area contributed by atoms with Crippen molar-refractivity contribution in [3.8, 4) is 17.7 Å². The van der Waals surface area contributed by atoms with E-state index in [0.29, 0.717) is 5.65 Å². The van der Waals surface area contributed by atoms with Crippen LogP contribution in [0.2, 0.25) is 5.02 Å². The van der Waals surface area contributed by atoms with Gasteiger partial charge in [0, 0.05) is 11.9 Å². The van der Waals surface area contributed by atoms with Crippen molar-refractivity contribution >= 4 is 34.9 Å². The molecule has 0 aliphatic carbocycles. The molecule has 0 spiro atoms. The molecule has 0 atom stereocenters. The number of carbonyl (C=O) groups excluding carboxylic acids is 1. The Morgan fingerprint density at radius 2 is 1.85 bits per heavy atom. The summed E-state index contributed by atoms with van der Waals surface area (Å²) in [5.41, 5.74) is -0.466. The number of fused-ring (bicyclic) bond motifs is 1. The number of amides is 1. The third-order valence-corrected chi connectivity index (χ3v) is 4.85. The van der Waals surface area contributed by atoms with Crippen LogP contribution in [-0.4, -0.2) is 15.3 Å². The molecule has 2 aromatic heterocycles. The zero-order chi connectivity index (χ0) is 23.4. The van der Waals surface area contributed by atoms with Crippen molar-refractivity contribution in [2.75, 3.05) is 5.32 Å². The number of ether oxygens (including phenoxy) is 1. The van der Waals surface area contributed by atoms with Crippen molar-refractivity contribution in [3.63, 3.8) is 0 Å². The van der Waals surface area contributed by atoms with E-state index in [-0.39, 0.29) is 33.5 Å². The van der Waals surface area contributed by atoms with Crippen LogP contribution in [0.5, 0.6) is 11.6 Å². The maximum atomic E-state index is 13.2. The second-order valence-corrected chi connectivity index (χ2v) is 7.14. The maximum Gasteiger partial charge on any atom is 0.269 e. The highest BCUT2D eigenvalue weighted by molar-refractivity contribution is 6.32. The van der Waals surface area contributed by atoms with E-state index < -0.39 is 17.3 Å². The Bertz CT molecular complexity index is 1490. The number of hydrogen-bond donors (Lipinski definition) is 1. The molecular weight excluding hydrogens is 447 g/mol. The molecule has 1 N–H and O–H groups in total. The molecule has 0 aliphatic heterocycles. The Labute approximate surface area is 192 Å². The van der Waals surface area contributed by atoms with Crippen LogP contribution in [0.4, 0.5) is 10.1 Å². The first-order valence-electron chi connectivity index (χ1n) is 9.59.